The molecule has 1 aromatic heterocycles. The van der Waals surface area contributed by atoms with Gasteiger partial charge in [0.05, 0.1) is 6.61 Å². The summed E-state index contributed by atoms with van der Waals surface area (Å²) in [5.74, 6) is 0.000963. The van der Waals surface area contributed by atoms with Crippen molar-refractivity contribution in [3.8, 4) is 0 Å². The van der Waals surface area contributed by atoms with Crippen LogP contribution >= 0.6 is 0 Å². The Labute approximate surface area is 142 Å². The summed E-state index contributed by atoms with van der Waals surface area (Å²) >= 11 is 0. The van der Waals surface area contributed by atoms with Gasteiger partial charge in [-0.25, -0.2) is 0 Å². The van der Waals surface area contributed by atoms with E-state index in [0.717, 1.165) is 24.0 Å². The highest BCUT2D eigenvalue weighted by molar-refractivity contribution is 5.83. The van der Waals surface area contributed by atoms with Crippen LogP contribution in [0.5, 0.6) is 0 Å². The first-order valence-electron chi connectivity index (χ1n) is 8.37. The van der Waals surface area contributed by atoms with Crippen molar-refractivity contribution in [2.75, 3.05) is 13.2 Å². The monoisotopic (exact) mass is 325 g/mol. The SMILES string of the molecule is O=C(NC1CC1)C(c1ccccc1)N(CCO)Cc1cccnc1. The van der Waals surface area contributed by atoms with Crippen LogP contribution < -0.4 is 5.32 Å². The van der Waals surface area contributed by atoms with Gasteiger partial charge >= 0.3 is 0 Å². The fourth-order valence-corrected chi connectivity index (χ4v) is 2.83. The van der Waals surface area contributed by atoms with Crippen molar-refractivity contribution in [2.24, 2.45) is 0 Å². The highest BCUT2D eigenvalue weighted by Gasteiger charge is 2.32. The van der Waals surface area contributed by atoms with Crippen molar-refractivity contribution in [3.63, 3.8) is 0 Å². The van der Waals surface area contributed by atoms with Gasteiger partial charge in [0, 0.05) is 31.5 Å². The Morgan fingerprint density at radius 2 is 2.04 bits per heavy atom. The predicted octanol–water partition coefficient (Wildman–Crippen LogP) is 1.90. The van der Waals surface area contributed by atoms with Gasteiger partial charge < -0.3 is 10.4 Å². The Kier molecular flexibility index (Phi) is 5.56. The Morgan fingerprint density at radius 3 is 2.67 bits per heavy atom. The van der Waals surface area contributed by atoms with Crippen molar-refractivity contribution in [2.45, 2.75) is 31.5 Å². The number of nitrogens with one attached hydrogen (secondary N) is 1. The molecule has 2 aromatic rings. The van der Waals surface area contributed by atoms with E-state index in [-0.39, 0.29) is 12.5 Å². The highest BCUT2D eigenvalue weighted by Crippen LogP contribution is 2.26. The van der Waals surface area contributed by atoms with Crippen LogP contribution in [0.15, 0.2) is 54.9 Å². The van der Waals surface area contributed by atoms with Crippen LogP contribution in [0.1, 0.15) is 30.0 Å². The maximum atomic E-state index is 12.9. The number of aliphatic hydroxyl groups is 1. The first kappa shape index (κ1) is 16.6. The molecule has 5 heteroatoms. The van der Waals surface area contributed by atoms with E-state index in [2.05, 4.69) is 10.3 Å². The number of rotatable bonds is 8. The molecule has 0 saturated heterocycles. The number of carbonyl (C=O) groups is 1. The number of benzene rings is 1. The van der Waals surface area contributed by atoms with Crippen LogP contribution in [-0.4, -0.2) is 40.1 Å². The van der Waals surface area contributed by atoms with E-state index in [1.165, 1.54) is 0 Å². The van der Waals surface area contributed by atoms with Crippen molar-refractivity contribution in [3.05, 3.63) is 66.0 Å². The molecule has 126 valence electrons. The molecule has 1 atom stereocenters. The third-order valence-electron chi connectivity index (χ3n) is 4.15. The normalized spacial score (nSPS) is 15.2. The van der Waals surface area contributed by atoms with E-state index in [0.29, 0.717) is 19.1 Å². The van der Waals surface area contributed by atoms with E-state index in [4.69, 9.17) is 0 Å². The summed E-state index contributed by atoms with van der Waals surface area (Å²) in [5, 5.41) is 12.6. The summed E-state index contributed by atoms with van der Waals surface area (Å²) in [4.78, 5) is 19.0. The maximum Gasteiger partial charge on any atom is 0.242 e. The number of aromatic nitrogens is 1. The zero-order chi connectivity index (χ0) is 16.8. The maximum absolute atomic E-state index is 12.9. The molecule has 2 N–H and O–H groups in total. The number of hydrogen-bond acceptors (Lipinski definition) is 4. The molecular weight excluding hydrogens is 302 g/mol. The second-order valence-corrected chi connectivity index (χ2v) is 6.15. The predicted molar refractivity (Wildman–Crippen MR) is 92.1 cm³/mol. The molecule has 1 amide bonds. The Morgan fingerprint density at radius 1 is 1.25 bits per heavy atom. The topological polar surface area (TPSA) is 65.5 Å². The third-order valence-corrected chi connectivity index (χ3v) is 4.15. The number of nitrogens with zero attached hydrogens (tertiary/aromatic N) is 2. The molecule has 1 aliphatic carbocycles. The minimum absolute atomic E-state index is 0.000302. The second kappa shape index (κ2) is 8.04. The molecular formula is C19H23N3O2. The van der Waals surface area contributed by atoms with E-state index in [1.807, 2.05) is 47.4 Å². The van der Waals surface area contributed by atoms with Crippen LogP contribution in [0.3, 0.4) is 0 Å². The standard InChI is InChI=1S/C19H23N3O2/c23-12-11-22(14-15-5-4-10-20-13-15)18(16-6-2-1-3-7-16)19(24)21-17-8-9-17/h1-7,10,13,17-18,23H,8-9,11-12,14H2,(H,21,24). The van der Waals surface area contributed by atoms with E-state index >= 15 is 0 Å². The molecule has 5 nitrogen and oxygen atoms in total. The number of hydrogen-bond donors (Lipinski definition) is 2. The van der Waals surface area contributed by atoms with E-state index < -0.39 is 6.04 Å². The summed E-state index contributed by atoms with van der Waals surface area (Å²) in [6.45, 7) is 0.985. The van der Waals surface area contributed by atoms with Crippen molar-refractivity contribution in [1.82, 2.24) is 15.2 Å². The quantitative estimate of drug-likeness (QED) is 0.778. The molecule has 1 fully saturated rings. The molecule has 3 rings (SSSR count). The van der Waals surface area contributed by atoms with Crippen LogP contribution in [0.2, 0.25) is 0 Å². The molecule has 1 aromatic carbocycles. The lowest BCUT2D eigenvalue weighted by Gasteiger charge is -2.30. The fourth-order valence-electron chi connectivity index (χ4n) is 2.83. The summed E-state index contributed by atoms with van der Waals surface area (Å²) in [6.07, 6.45) is 5.63. The van der Waals surface area contributed by atoms with Gasteiger partial charge in [-0.15, -0.1) is 0 Å². The number of carbonyl (C=O) groups excluding carboxylic acids is 1. The summed E-state index contributed by atoms with van der Waals surface area (Å²) in [6, 6.07) is 13.5. The fraction of sp³-hybridized carbons (Fsp3) is 0.368. The lowest BCUT2D eigenvalue weighted by atomic mass is 10.0. The van der Waals surface area contributed by atoms with Crippen LogP contribution in [0.25, 0.3) is 0 Å². The number of pyridine rings is 1. The van der Waals surface area contributed by atoms with E-state index in [9.17, 15) is 9.90 Å². The lowest BCUT2D eigenvalue weighted by molar-refractivity contribution is -0.127. The van der Waals surface area contributed by atoms with Gasteiger partial charge in [0.25, 0.3) is 0 Å². The van der Waals surface area contributed by atoms with Crippen molar-refractivity contribution in [1.29, 1.82) is 0 Å². The van der Waals surface area contributed by atoms with Crippen LogP contribution in [-0.2, 0) is 11.3 Å². The Hall–Kier alpha value is -2.24. The average Bonchev–Trinajstić information content (AvgIpc) is 3.41. The average molecular weight is 325 g/mol. The number of aliphatic hydroxyl groups excluding tert-OH is 1. The first-order chi connectivity index (χ1) is 11.8. The zero-order valence-electron chi connectivity index (χ0n) is 13.6. The molecule has 24 heavy (non-hydrogen) atoms. The second-order valence-electron chi connectivity index (χ2n) is 6.15. The highest BCUT2D eigenvalue weighted by atomic mass is 16.3. The molecule has 1 heterocycles. The van der Waals surface area contributed by atoms with Crippen molar-refractivity contribution >= 4 is 5.91 Å². The van der Waals surface area contributed by atoms with Gasteiger partial charge in [-0.05, 0) is 30.0 Å². The van der Waals surface area contributed by atoms with Gasteiger partial charge in [-0.1, -0.05) is 36.4 Å². The van der Waals surface area contributed by atoms with Gasteiger partial charge in [-0.2, -0.15) is 0 Å². The molecule has 0 aliphatic heterocycles. The van der Waals surface area contributed by atoms with E-state index in [1.54, 1.807) is 12.4 Å². The lowest BCUT2D eigenvalue weighted by Crippen LogP contribution is -2.42. The molecule has 1 unspecified atom stereocenters. The Balaban J connectivity index is 1.85. The van der Waals surface area contributed by atoms with Gasteiger partial charge in [0.1, 0.15) is 6.04 Å². The van der Waals surface area contributed by atoms with Crippen molar-refractivity contribution < 1.29 is 9.90 Å². The van der Waals surface area contributed by atoms with Gasteiger partial charge in [0.15, 0.2) is 0 Å². The molecule has 1 aliphatic rings. The summed E-state index contributed by atoms with van der Waals surface area (Å²) < 4.78 is 0. The molecule has 1 saturated carbocycles. The van der Waals surface area contributed by atoms with Crippen LogP contribution in [0.4, 0.5) is 0 Å². The minimum Gasteiger partial charge on any atom is -0.395 e. The summed E-state index contributed by atoms with van der Waals surface area (Å²) in [7, 11) is 0. The van der Waals surface area contributed by atoms with Gasteiger partial charge in [0.2, 0.25) is 5.91 Å². The van der Waals surface area contributed by atoms with Crippen LogP contribution in [0, 0.1) is 0 Å². The largest absolute Gasteiger partial charge is 0.395 e. The first-order valence-corrected chi connectivity index (χ1v) is 8.37. The molecule has 0 bridgehead atoms. The van der Waals surface area contributed by atoms with Gasteiger partial charge in [-0.3, -0.25) is 14.7 Å². The third kappa shape index (κ3) is 4.40. The zero-order valence-corrected chi connectivity index (χ0v) is 13.6. The Bertz CT molecular complexity index is 644. The smallest absolute Gasteiger partial charge is 0.242 e. The molecule has 0 radical (unpaired) electrons. The summed E-state index contributed by atoms with van der Waals surface area (Å²) in [5.41, 5.74) is 1.96. The minimum atomic E-state index is -0.417. The number of amides is 1. The molecule has 0 spiro atoms.